The Kier molecular flexibility index (Phi) is 7.77. The third kappa shape index (κ3) is 6.25. The van der Waals surface area contributed by atoms with Gasteiger partial charge in [0.25, 0.3) is 0 Å². The summed E-state index contributed by atoms with van der Waals surface area (Å²) in [5.41, 5.74) is 1.03. The van der Waals surface area contributed by atoms with Gasteiger partial charge in [-0.05, 0) is 5.56 Å². The van der Waals surface area contributed by atoms with Gasteiger partial charge in [-0.3, -0.25) is 9.59 Å². The molecule has 1 aromatic rings. The van der Waals surface area contributed by atoms with Crippen molar-refractivity contribution in [2.75, 3.05) is 31.6 Å². The number of nitrogens with one attached hydrogen (secondary N) is 1. The Hall–Kier alpha value is -2.22. The molecule has 3 amide bonds. The van der Waals surface area contributed by atoms with Gasteiger partial charge in [0.1, 0.15) is 0 Å². The quantitative estimate of drug-likeness (QED) is 0.752. The fraction of sp³-hybridized carbons (Fsp3) is 0.500. The SMILES string of the molecule is CN(Cc1ccccc1)C(=O)NCCC(=O)N1CCSCC1CC(=O)O. The smallest absolute Gasteiger partial charge is 0.317 e. The van der Waals surface area contributed by atoms with Crippen molar-refractivity contribution in [1.82, 2.24) is 15.1 Å². The van der Waals surface area contributed by atoms with Crippen LogP contribution in [0.1, 0.15) is 18.4 Å². The summed E-state index contributed by atoms with van der Waals surface area (Å²) in [4.78, 5) is 38.7. The molecule has 0 radical (unpaired) electrons. The molecule has 0 aliphatic carbocycles. The van der Waals surface area contributed by atoms with Crippen molar-refractivity contribution in [1.29, 1.82) is 0 Å². The number of benzene rings is 1. The summed E-state index contributed by atoms with van der Waals surface area (Å²) >= 11 is 1.67. The van der Waals surface area contributed by atoms with Gasteiger partial charge < -0.3 is 20.2 Å². The van der Waals surface area contributed by atoms with Gasteiger partial charge >= 0.3 is 12.0 Å². The zero-order valence-electron chi connectivity index (χ0n) is 14.9. The first-order chi connectivity index (χ1) is 12.5. The lowest BCUT2D eigenvalue weighted by atomic mass is 10.2. The number of aliphatic carboxylic acids is 1. The number of hydrogen-bond donors (Lipinski definition) is 2. The molecule has 2 N–H and O–H groups in total. The fourth-order valence-corrected chi connectivity index (χ4v) is 3.90. The Balaban J connectivity index is 1.75. The van der Waals surface area contributed by atoms with E-state index < -0.39 is 5.97 Å². The molecule has 8 heteroatoms. The minimum absolute atomic E-state index is 0.0368. The van der Waals surface area contributed by atoms with E-state index in [-0.39, 0.29) is 37.4 Å². The van der Waals surface area contributed by atoms with E-state index in [4.69, 9.17) is 5.11 Å². The summed E-state index contributed by atoms with van der Waals surface area (Å²) in [5.74, 6) is 0.451. The van der Waals surface area contributed by atoms with Crippen LogP contribution in [0.2, 0.25) is 0 Å². The molecule has 1 fully saturated rings. The van der Waals surface area contributed by atoms with E-state index >= 15 is 0 Å². The molecular formula is C18H25N3O4S. The van der Waals surface area contributed by atoms with E-state index in [1.807, 2.05) is 30.3 Å². The van der Waals surface area contributed by atoms with E-state index in [1.165, 1.54) is 0 Å². The van der Waals surface area contributed by atoms with Crippen LogP contribution in [0.3, 0.4) is 0 Å². The maximum atomic E-state index is 12.4. The lowest BCUT2D eigenvalue weighted by molar-refractivity contribution is -0.140. The molecule has 1 heterocycles. The highest BCUT2D eigenvalue weighted by molar-refractivity contribution is 7.99. The Morgan fingerprint density at radius 2 is 2.04 bits per heavy atom. The summed E-state index contributed by atoms with van der Waals surface area (Å²) in [6.45, 7) is 1.29. The van der Waals surface area contributed by atoms with E-state index in [0.717, 1.165) is 11.3 Å². The maximum absolute atomic E-state index is 12.4. The first-order valence-electron chi connectivity index (χ1n) is 8.59. The second kappa shape index (κ2) is 10.1. The Labute approximate surface area is 157 Å². The molecule has 1 aliphatic rings. The van der Waals surface area contributed by atoms with Crippen LogP contribution in [0.25, 0.3) is 0 Å². The van der Waals surface area contributed by atoms with E-state index in [0.29, 0.717) is 18.8 Å². The molecule has 1 aliphatic heterocycles. The Bertz CT molecular complexity index is 626. The minimum atomic E-state index is -0.897. The number of amides is 3. The second-order valence-electron chi connectivity index (χ2n) is 6.24. The molecule has 26 heavy (non-hydrogen) atoms. The molecule has 2 rings (SSSR count). The summed E-state index contributed by atoms with van der Waals surface area (Å²) in [7, 11) is 1.70. The standard InChI is InChI=1S/C18H25N3O4S/c1-20(12-14-5-3-2-4-6-14)18(25)19-8-7-16(22)21-9-10-26-13-15(21)11-17(23)24/h2-6,15H,7-13H2,1H3,(H,19,25)(H,23,24). The molecule has 142 valence electrons. The van der Waals surface area contributed by atoms with Crippen LogP contribution in [0.15, 0.2) is 30.3 Å². The zero-order valence-corrected chi connectivity index (χ0v) is 15.7. The molecule has 7 nitrogen and oxygen atoms in total. The van der Waals surface area contributed by atoms with Gasteiger partial charge in [-0.1, -0.05) is 30.3 Å². The van der Waals surface area contributed by atoms with E-state index in [9.17, 15) is 14.4 Å². The Morgan fingerprint density at radius 3 is 2.73 bits per heavy atom. The van der Waals surface area contributed by atoms with Crippen LogP contribution in [0.4, 0.5) is 4.79 Å². The number of hydrogen-bond acceptors (Lipinski definition) is 4. The van der Waals surface area contributed by atoms with Gasteiger partial charge in [0.2, 0.25) is 5.91 Å². The van der Waals surface area contributed by atoms with Crippen molar-refractivity contribution in [3.8, 4) is 0 Å². The number of carbonyl (C=O) groups is 3. The van der Waals surface area contributed by atoms with Crippen LogP contribution in [0, 0.1) is 0 Å². The van der Waals surface area contributed by atoms with Crippen LogP contribution in [-0.2, 0) is 16.1 Å². The van der Waals surface area contributed by atoms with Gasteiger partial charge in [-0.25, -0.2) is 4.79 Å². The molecule has 1 atom stereocenters. The number of urea groups is 1. The lowest BCUT2D eigenvalue weighted by Crippen LogP contribution is -2.48. The molecule has 1 unspecified atom stereocenters. The van der Waals surface area contributed by atoms with E-state index in [1.54, 1.807) is 28.6 Å². The Morgan fingerprint density at radius 1 is 1.31 bits per heavy atom. The monoisotopic (exact) mass is 379 g/mol. The number of carboxylic acids is 1. The van der Waals surface area contributed by atoms with Crippen molar-refractivity contribution in [3.63, 3.8) is 0 Å². The van der Waals surface area contributed by atoms with Gasteiger partial charge in [0.15, 0.2) is 0 Å². The fourth-order valence-electron chi connectivity index (χ4n) is 2.84. The largest absolute Gasteiger partial charge is 0.481 e. The third-order valence-electron chi connectivity index (χ3n) is 4.18. The molecule has 0 aromatic heterocycles. The average Bonchev–Trinajstić information content (AvgIpc) is 2.62. The number of carbonyl (C=O) groups excluding carboxylic acids is 2. The van der Waals surface area contributed by atoms with Crippen LogP contribution < -0.4 is 5.32 Å². The predicted octanol–water partition coefficient (Wildman–Crippen LogP) is 1.64. The maximum Gasteiger partial charge on any atom is 0.317 e. The number of rotatable bonds is 7. The van der Waals surface area contributed by atoms with Gasteiger partial charge in [-0.15, -0.1) is 0 Å². The number of thioether (sulfide) groups is 1. The number of nitrogens with zero attached hydrogens (tertiary/aromatic N) is 2. The van der Waals surface area contributed by atoms with Crippen LogP contribution in [-0.4, -0.2) is 70.5 Å². The van der Waals surface area contributed by atoms with Crippen molar-refractivity contribution in [3.05, 3.63) is 35.9 Å². The molecule has 0 spiro atoms. The van der Waals surface area contributed by atoms with E-state index in [2.05, 4.69) is 5.32 Å². The highest BCUT2D eigenvalue weighted by Crippen LogP contribution is 2.19. The molecule has 0 saturated carbocycles. The topological polar surface area (TPSA) is 90.0 Å². The molecule has 1 saturated heterocycles. The van der Waals surface area contributed by atoms with Crippen molar-refractivity contribution < 1.29 is 19.5 Å². The highest BCUT2D eigenvalue weighted by Gasteiger charge is 2.28. The van der Waals surface area contributed by atoms with Crippen molar-refractivity contribution in [2.45, 2.75) is 25.4 Å². The summed E-state index contributed by atoms with van der Waals surface area (Å²) in [6.07, 6.45) is 0.136. The first kappa shape index (κ1) is 20.1. The first-order valence-corrected chi connectivity index (χ1v) is 9.74. The van der Waals surface area contributed by atoms with Crippen molar-refractivity contribution >= 4 is 29.7 Å². The van der Waals surface area contributed by atoms with Gasteiger partial charge in [0.05, 0.1) is 12.5 Å². The normalized spacial score (nSPS) is 16.8. The van der Waals surface area contributed by atoms with Gasteiger partial charge in [0, 0.05) is 44.6 Å². The molecule has 0 bridgehead atoms. The summed E-state index contributed by atoms with van der Waals surface area (Å²) in [6, 6.07) is 9.16. The third-order valence-corrected chi connectivity index (χ3v) is 5.27. The minimum Gasteiger partial charge on any atom is -0.481 e. The van der Waals surface area contributed by atoms with Gasteiger partial charge in [-0.2, -0.15) is 11.8 Å². The average molecular weight is 379 g/mol. The van der Waals surface area contributed by atoms with Crippen molar-refractivity contribution in [2.24, 2.45) is 0 Å². The molecule has 1 aromatic carbocycles. The second-order valence-corrected chi connectivity index (χ2v) is 7.39. The lowest BCUT2D eigenvalue weighted by Gasteiger charge is -2.34. The summed E-state index contributed by atoms with van der Waals surface area (Å²) < 4.78 is 0. The van der Waals surface area contributed by atoms with Crippen LogP contribution in [0.5, 0.6) is 0 Å². The predicted molar refractivity (Wildman–Crippen MR) is 101 cm³/mol. The molecular weight excluding hydrogens is 354 g/mol. The van der Waals surface area contributed by atoms with Crippen LogP contribution >= 0.6 is 11.8 Å². The number of carboxylic acid groups (broad SMARTS) is 1. The zero-order chi connectivity index (χ0) is 18.9. The highest BCUT2D eigenvalue weighted by atomic mass is 32.2. The summed E-state index contributed by atoms with van der Waals surface area (Å²) in [5, 5.41) is 11.7.